The molecule has 0 saturated carbocycles. The summed E-state index contributed by atoms with van der Waals surface area (Å²) in [6.45, 7) is 2.07. The van der Waals surface area contributed by atoms with E-state index in [4.69, 9.17) is 0 Å². The molecule has 0 atom stereocenters. The highest BCUT2D eigenvalue weighted by Crippen LogP contribution is 2.18. The summed E-state index contributed by atoms with van der Waals surface area (Å²) in [6.07, 6.45) is 4.97. The maximum absolute atomic E-state index is 11.5. The summed E-state index contributed by atoms with van der Waals surface area (Å²) < 4.78 is 0. The lowest BCUT2D eigenvalue weighted by molar-refractivity contribution is -0.109. The molecular formula is C13H14BO. The van der Waals surface area contributed by atoms with E-state index in [-0.39, 0.29) is 5.68 Å². The van der Waals surface area contributed by atoms with E-state index >= 15 is 0 Å². The summed E-state index contributed by atoms with van der Waals surface area (Å²) in [5, 5.41) is 0. The molecule has 2 rings (SSSR count). The molecule has 0 spiro atoms. The smallest absolute Gasteiger partial charge is 0.208 e. The number of allylic oxidation sites excluding steroid dienone is 1. The highest BCUT2D eigenvalue weighted by Gasteiger charge is 2.15. The minimum Gasteiger partial charge on any atom is -0.307 e. The van der Waals surface area contributed by atoms with Gasteiger partial charge in [-0.2, -0.15) is 0 Å². The molecule has 1 nitrogen and oxygen atoms in total. The van der Waals surface area contributed by atoms with Crippen LogP contribution in [0.15, 0.2) is 29.8 Å². The Kier molecular flexibility index (Phi) is 3.05. The van der Waals surface area contributed by atoms with Crippen LogP contribution >= 0.6 is 0 Å². The van der Waals surface area contributed by atoms with Crippen molar-refractivity contribution in [1.29, 1.82) is 0 Å². The molecule has 0 bridgehead atoms. The van der Waals surface area contributed by atoms with Crippen LogP contribution in [-0.4, -0.2) is 13.0 Å². The van der Waals surface area contributed by atoms with Gasteiger partial charge in [0.2, 0.25) is 7.28 Å². The van der Waals surface area contributed by atoms with Crippen LogP contribution in [0.4, 0.5) is 0 Å². The van der Waals surface area contributed by atoms with Gasteiger partial charge < -0.3 is 4.79 Å². The van der Waals surface area contributed by atoms with Crippen molar-refractivity contribution in [1.82, 2.24) is 0 Å². The van der Waals surface area contributed by atoms with E-state index in [1.165, 1.54) is 5.56 Å². The lowest BCUT2D eigenvalue weighted by Crippen LogP contribution is -2.16. The predicted molar refractivity (Wildman–Crippen MR) is 64.0 cm³/mol. The van der Waals surface area contributed by atoms with E-state index < -0.39 is 0 Å². The van der Waals surface area contributed by atoms with Crippen LogP contribution in [0.2, 0.25) is 6.32 Å². The van der Waals surface area contributed by atoms with Crippen molar-refractivity contribution in [3.63, 3.8) is 0 Å². The van der Waals surface area contributed by atoms with E-state index in [2.05, 4.69) is 31.2 Å². The van der Waals surface area contributed by atoms with Crippen molar-refractivity contribution < 1.29 is 4.79 Å². The topological polar surface area (TPSA) is 17.1 Å². The van der Waals surface area contributed by atoms with E-state index in [0.29, 0.717) is 0 Å². The van der Waals surface area contributed by atoms with Crippen LogP contribution in [0, 0.1) is 6.92 Å². The fourth-order valence-corrected chi connectivity index (χ4v) is 1.79. The molecule has 0 aliphatic carbocycles. The highest BCUT2D eigenvalue weighted by atomic mass is 16.1. The summed E-state index contributed by atoms with van der Waals surface area (Å²) in [6, 6.07) is 8.27. The molecule has 0 N–H and O–H groups in total. The van der Waals surface area contributed by atoms with E-state index in [1.54, 1.807) is 7.28 Å². The van der Waals surface area contributed by atoms with Gasteiger partial charge >= 0.3 is 0 Å². The molecular weight excluding hydrogens is 183 g/mol. The lowest BCUT2D eigenvalue weighted by atomic mass is 9.61. The average Bonchev–Trinajstić information content (AvgIpc) is 2.25. The number of carbonyl (C=O) groups excluding carboxylic acids is 1. The number of aryl methyl sites for hydroxylation is 1. The SMILES string of the molecule is Cc1ccc(C=C2CCC[B]C2=O)cc1. The van der Waals surface area contributed by atoms with Gasteiger partial charge in [0.05, 0.1) is 0 Å². The van der Waals surface area contributed by atoms with Gasteiger partial charge in [-0.1, -0.05) is 42.6 Å². The Morgan fingerprint density at radius 2 is 2.00 bits per heavy atom. The maximum atomic E-state index is 11.5. The van der Waals surface area contributed by atoms with Crippen molar-refractivity contribution in [2.24, 2.45) is 0 Å². The molecule has 1 heterocycles. The second-order valence-corrected chi connectivity index (χ2v) is 4.04. The van der Waals surface area contributed by atoms with Crippen molar-refractivity contribution in [2.45, 2.75) is 26.1 Å². The van der Waals surface area contributed by atoms with Gasteiger partial charge in [-0.25, -0.2) is 0 Å². The molecule has 75 valence electrons. The zero-order valence-corrected chi connectivity index (χ0v) is 8.99. The summed E-state index contributed by atoms with van der Waals surface area (Å²) in [7, 11) is 1.80. The molecule has 1 aliphatic rings. The zero-order valence-electron chi connectivity index (χ0n) is 8.99. The minimum atomic E-state index is 0.210. The van der Waals surface area contributed by atoms with Crippen LogP contribution < -0.4 is 0 Å². The van der Waals surface area contributed by atoms with Gasteiger partial charge in [0.15, 0.2) is 0 Å². The fourth-order valence-electron chi connectivity index (χ4n) is 1.79. The van der Waals surface area contributed by atoms with Crippen LogP contribution in [0.3, 0.4) is 0 Å². The molecule has 0 unspecified atom stereocenters. The largest absolute Gasteiger partial charge is 0.307 e. The first kappa shape index (κ1) is 10.2. The first-order chi connectivity index (χ1) is 7.25. The maximum Gasteiger partial charge on any atom is 0.208 e. The molecule has 15 heavy (non-hydrogen) atoms. The van der Waals surface area contributed by atoms with Crippen LogP contribution in [-0.2, 0) is 4.79 Å². The van der Waals surface area contributed by atoms with Crippen molar-refractivity contribution in [3.8, 4) is 0 Å². The predicted octanol–water partition coefficient (Wildman–Crippen LogP) is 2.82. The van der Waals surface area contributed by atoms with Crippen molar-refractivity contribution in [2.75, 3.05) is 0 Å². The number of hydrogen-bond donors (Lipinski definition) is 0. The average molecular weight is 197 g/mol. The second kappa shape index (κ2) is 4.48. The monoisotopic (exact) mass is 197 g/mol. The van der Waals surface area contributed by atoms with Crippen LogP contribution in [0.1, 0.15) is 24.0 Å². The van der Waals surface area contributed by atoms with E-state index in [9.17, 15) is 4.79 Å². The molecule has 0 amide bonds. The lowest BCUT2D eigenvalue weighted by Gasteiger charge is -2.11. The van der Waals surface area contributed by atoms with E-state index in [1.807, 2.05) is 6.08 Å². The van der Waals surface area contributed by atoms with Crippen LogP contribution in [0.5, 0.6) is 0 Å². The van der Waals surface area contributed by atoms with E-state index in [0.717, 1.165) is 30.3 Å². The Morgan fingerprint density at radius 1 is 1.27 bits per heavy atom. The zero-order chi connectivity index (χ0) is 10.7. The minimum absolute atomic E-state index is 0.210. The van der Waals surface area contributed by atoms with Gasteiger partial charge in [0.1, 0.15) is 5.68 Å². The second-order valence-electron chi connectivity index (χ2n) is 4.04. The molecule has 1 aromatic rings. The fraction of sp³-hybridized carbons (Fsp3) is 0.308. The molecule has 2 heteroatoms. The summed E-state index contributed by atoms with van der Waals surface area (Å²) in [5.74, 6) is 0. The first-order valence-electron chi connectivity index (χ1n) is 5.40. The highest BCUT2D eigenvalue weighted by molar-refractivity contribution is 6.78. The standard InChI is InChI=1S/C13H14BO/c1-10-4-6-11(7-5-10)9-12-3-2-8-14-13(12)15/h4-7,9H,2-3,8H2,1H3. The van der Waals surface area contributed by atoms with Gasteiger partial charge in [-0.3, -0.25) is 0 Å². The van der Waals surface area contributed by atoms with Gasteiger partial charge in [0, 0.05) is 0 Å². The number of benzene rings is 1. The quantitative estimate of drug-likeness (QED) is 0.499. The van der Waals surface area contributed by atoms with Gasteiger partial charge in [-0.15, -0.1) is 0 Å². The summed E-state index contributed by atoms with van der Waals surface area (Å²) in [4.78, 5) is 11.5. The van der Waals surface area contributed by atoms with Gasteiger partial charge in [0.25, 0.3) is 0 Å². The molecule has 1 aromatic carbocycles. The normalized spacial score (nSPS) is 19.0. The Labute approximate surface area is 91.4 Å². The third kappa shape index (κ3) is 2.59. The Hall–Kier alpha value is -1.31. The Morgan fingerprint density at radius 3 is 2.67 bits per heavy atom. The number of carbonyl (C=O) groups is 1. The summed E-state index contributed by atoms with van der Waals surface area (Å²) in [5.41, 5.74) is 3.53. The first-order valence-corrected chi connectivity index (χ1v) is 5.40. The third-order valence-corrected chi connectivity index (χ3v) is 2.71. The molecule has 1 radical (unpaired) electrons. The molecule has 1 aliphatic heterocycles. The Balaban J connectivity index is 2.21. The van der Waals surface area contributed by atoms with Crippen molar-refractivity contribution >= 4 is 19.0 Å². The summed E-state index contributed by atoms with van der Waals surface area (Å²) >= 11 is 0. The number of hydrogen-bond acceptors (Lipinski definition) is 1. The molecule has 1 fully saturated rings. The Bertz CT molecular complexity index is 390. The third-order valence-electron chi connectivity index (χ3n) is 2.71. The van der Waals surface area contributed by atoms with Crippen LogP contribution in [0.25, 0.3) is 6.08 Å². The number of rotatable bonds is 1. The van der Waals surface area contributed by atoms with Gasteiger partial charge in [-0.05, 0) is 30.6 Å². The molecule has 1 saturated heterocycles. The van der Waals surface area contributed by atoms with Crippen molar-refractivity contribution in [3.05, 3.63) is 41.0 Å². The molecule has 0 aromatic heterocycles.